The number of furan rings is 1. The highest BCUT2D eigenvalue weighted by atomic mass is 79.9. The summed E-state index contributed by atoms with van der Waals surface area (Å²) in [5.41, 5.74) is 1.49. The third-order valence-corrected chi connectivity index (χ3v) is 3.06. The molecule has 2 nitrogen and oxygen atoms in total. The maximum absolute atomic E-state index is 13.0. The lowest BCUT2D eigenvalue weighted by Gasteiger charge is -2.06. The lowest BCUT2D eigenvalue weighted by molar-refractivity contribution is 0.200. The van der Waals surface area contributed by atoms with Gasteiger partial charge in [0.05, 0.1) is 10.2 Å². The second-order valence-corrected chi connectivity index (χ2v) is 4.59. The summed E-state index contributed by atoms with van der Waals surface area (Å²) in [6.45, 7) is 4.27. The van der Waals surface area contributed by atoms with E-state index in [-0.39, 0.29) is 0 Å². The minimum Gasteiger partial charge on any atom is -0.494 e. The van der Waals surface area contributed by atoms with Gasteiger partial charge in [0.25, 0.3) is 6.01 Å². The first kappa shape index (κ1) is 12.2. The lowest BCUT2D eigenvalue weighted by Crippen LogP contribution is -1.90. The van der Waals surface area contributed by atoms with Crippen LogP contribution in [0.5, 0.6) is 0 Å². The van der Waals surface area contributed by atoms with Gasteiger partial charge in [-0.15, -0.1) is 0 Å². The Morgan fingerprint density at radius 3 is 2.94 bits per heavy atom. The molecule has 0 radical (unpaired) electrons. The lowest BCUT2D eigenvalue weighted by atomic mass is 10.2. The van der Waals surface area contributed by atoms with E-state index in [0.29, 0.717) is 12.2 Å². The predicted octanol–water partition coefficient (Wildman–Crippen LogP) is 4.77. The van der Waals surface area contributed by atoms with E-state index in [4.69, 9.17) is 9.15 Å². The van der Waals surface area contributed by atoms with Gasteiger partial charge >= 0.3 is 0 Å². The van der Waals surface area contributed by atoms with Crippen LogP contribution in [0.1, 0.15) is 19.4 Å². The van der Waals surface area contributed by atoms with Crippen LogP contribution in [0.15, 0.2) is 38.9 Å². The molecular formula is C13H12BrFO2. The number of allylic oxidation sites excluding steroid dienone is 2. The molecule has 4 heteroatoms. The molecule has 0 saturated heterocycles. The van der Waals surface area contributed by atoms with E-state index in [0.717, 1.165) is 21.2 Å². The molecule has 0 amide bonds. The van der Waals surface area contributed by atoms with Crippen molar-refractivity contribution < 1.29 is 13.5 Å². The SMILES string of the molecule is C/C=C(\C)OCc1cc(Br)c2oc(F)cc2c1. The summed E-state index contributed by atoms with van der Waals surface area (Å²) in [4.78, 5) is 0. The van der Waals surface area contributed by atoms with E-state index in [9.17, 15) is 4.39 Å². The smallest absolute Gasteiger partial charge is 0.278 e. The number of rotatable bonds is 3. The van der Waals surface area contributed by atoms with Gasteiger partial charge in [0.1, 0.15) is 6.61 Å². The number of ether oxygens (including phenoxy) is 1. The van der Waals surface area contributed by atoms with Gasteiger partial charge in [0.2, 0.25) is 0 Å². The van der Waals surface area contributed by atoms with Gasteiger partial charge < -0.3 is 9.15 Å². The van der Waals surface area contributed by atoms with Crippen LogP contribution in [0.4, 0.5) is 4.39 Å². The molecule has 0 spiro atoms. The van der Waals surface area contributed by atoms with Crippen molar-refractivity contribution in [1.82, 2.24) is 0 Å². The number of benzene rings is 1. The summed E-state index contributed by atoms with van der Waals surface area (Å²) < 4.78 is 24.1. The average molecular weight is 299 g/mol. The Morgan fingerprint density at radius 1 is 1.47 bits per heavy atom. The van der Waals surface area contributed by atoms with Crippen LogP contribution in [0.3, 0.4) is 0 Å². The highest BCUT2D eigenvalue weighted by Gasteiger charge is 2.08. The topological polar surface area (TPSA) is 22.4 Å². The molecule has 2 aromatic rings. The van der Waals surface area contributed by atoms with E-state index < -0.39 is 6.01 Å². The fraction of sp³-hybridized carbons (Fsp3) is 0.231. The molecular weight excluding hydrogens is 287 g/mol. The van der Waals surface area contributed by atoms with Gasteiger partial charge in [0, 0.05) is 11.5 Å². The van der Waals surface area contributed by atoms with Gasteiger partial charge in [-0.1, -0.05) is 0 Å². The van der Waals surface area contributed by atoms with Crippen LogP contribution in [0.25, 0.3) is 11.0 Å². The summed E-state index contributed by atoms with van der Waals surface area (Å²) in [5.74, 6) is 0.861. The number of fused-ring (bicyclic) bond motifs is 1. The zero-order valence-electron chi connectivity index (χ0n) is 9.59. The molecule has 2 rings (SSSR count). The van der Waals surface area contributed by atoms with Crippen LogP contribution in [0.2, 0.25) is 0 Å². The largest absolute Gasteiger partial charge is 0.494 e. The highest BCUT2D eigenvalue weighted by Crippen LogP contribution is 2.28. The Balaban J connectivity index is 2.30. The van der Waals surface area contributed by atoms with Gasteiger partial charge in [-0.25, -0.2) is 0 Å². The molecule has 90 valence electrons. The Bertz CT molecular complexity index is 572. The fourth-order valence-corrected chi connectivity index (χ4v) is 2.10. The predicted molar refractivity (Wildman–Crippen MR) is 68.1 cm³/mol. The molecule has 0 aliphatic heterocycles. The van der Waals surface area contributed by atoms with Crippen LogP contribution in [-0.2, 0) is 11.3 Å². The average Bonchev–Trinajstić information content (AvgIpc) is 2.67. The first-order chi connectivity index (χ1) is 8.10. The Labute approximate surface area is 107 Å². The number of halogens is 2. The molecule has 0 unspecified atom stereocenters. The summed E-state index contributed by atoms with van der Waals surface area (Å²) in [5, 5.41) is 0.730. The molecule has 0 aliphatic carbocycles. The van der Waals surface area contributed by atoms with Crippen molar-refractivity contribution in [2.24, 2.45) is 0 Å². The molecule has 0 N–H and O–H groups in total. The Morgan fingerprint density at radius 2 is 2.24 bits per heavy atom. The van der Waals surface area contributed by atoms with Crippen molar-refractivity contribution in [3.05, 3.63) is 46.1 Å². The molecule has 0 fully saturated rings. The van der Waals surface area contributed by atoms with E-state index in [1.807, 2.05) is 32.1 Å². The summed E-state index contributed by atoms with van der Waals surface area (Å²) in [7, 11) is 0. The minimum atomic E-state index is -0.580. The summed E-state index contributed by atoms with van der Waals surface area (Å²) in [6, 6.07) is 4.51. The monoisotopic (exact) mass is 298 g/mol. The van der Waals surface area contributed by atoms with Crippen molar-refractivity contribution in [3.8, 4) is 0 Å². The van der Waals surface area contributed by atoms with Gasteiger partial charge in [-0.3, -0.25) is 0 Å². The Hall–Kier alpha value is -1.29. The first-order valence-corrected chi connectivity index (χ1v) is 6.02. The van der Waals surface area contributed by atoms with Gasteiger partial charge in [0.15, 0.2) is 5.58 Å². The zero-order valence-corrected chi connectivity index (χ0v) is 11.2. The number of hydrogen-bond donors (Lipinski definition) is 0. The van der Waals surface area contributed by atoms with Crippen molar-refractivity contribution in [2.75, 3.05) is 0 Å². The molecule has 1 aromatic carbocycles. The van der Waals surface area contributed by atoms with Crippen molar-refractivity contribution in [2.45, 2.75) is 20.5 Å². The molecule has 0 atom stereocenters. The van der Waals surface area contributed by atoms with Crippen LogP contribution in [-0.4, -0.2) is 0 Å². The first-order valence-electron chi connectivity index (χ1n) is 5.23. The second kappa shape index (κ2) is 4.92. The normalized spacial score (nSPS) is 12.1. The maximum atomic E-state index is 13.0. The third-order valence-electron chi connectivity index (χ3n) is 2.47. The van der Waals surface area contributed by atoms with E-state index in [1.54, 1.807) is 0 Å². The van der Waals surface area contributed by atoms with E-state index >= 15 is 0 Å². The molecule has 1 aromatic heterocycles. The van der Waals surface area contributed by atoms with Crippen molar-refractivity contribution >= 4 is 26.9 Å². The fourth-order valence-electron chi connectivity index (χ4n) is 1.50. The maximum Gasteiger partial charge on any atom is 0.278 e. The second-order valence-electron chi connectivity index (χ2n) is 3.73. The van der Waals surface area contributed by atoms with Gasteiger partial charge in [-0.2, -0.15) is 4.39 Å². The van der Waals surface area contributed by atoms with Crippen molar-refractivity contribution in [3.63, 3.8) is 0 Å². The molecule has 1 heterocycles. The molecule has 0 saturated carbocycles. The van der Waals surface area contributed by atoms with E-state index in [1.165, 1.54) is 6.07 Å². The van der Waals surface area contributed by atoms with Crippen molar-refractivity contribution in [1.29, 1.82) is 0 Å². The van der Waals surface area contributed by atoms with E-state index in [2.05, 4.69) is 15.9 Å². The minimum absolute atomic E-state index is 0.456. The zero-order chi connectivity index (χ0) is 12.4. The third kappa shape index (κ3) is 2.69. The standard InChI is InChI=1S/C13H12BrFO2/c1-3-8(2)16-7-9-4-10-6-12(15)17-13(10)11(14)5-9/h3-6H,7H2,1-2H3/b8-3+. The highest BCUT2D eigenvalue weighted by molar-refractivity contribution is 9.10. The molecule has 0 bridgehead atoms. The Kier molecular flexibility index (Phi) is 3.52. The summed E-state index contributed by atoms with van der Waals surface area (Å²) in [6.07, 6.45) is 1.89. The quantitative estimate of drug-likeness (QED) is 0.761. The van der Waals surface area contributed by atoms with Crippen LogP contribution in [0, 0.1) is 6.01 Å². The summed E-state index contributed by atoms with van der Waals surface area (Å²) >= 11 is 3.35. The van der Waals surface area contributed by atoms with Crippen LogP contribution < -0.4 is 0 Å². The van der Waals surface area contributed by atoms with Crippen LogP contribution >= 0.6 is 15.9 Å². The molecule has 17 heavy (non-hydrogen) atoms. The van der Waals surface area contributed by atoms with Gasteiger partial charge in [-0.05, 0) is 53.5 Å². The molecule has 0 aliphatic rings. The number of hydrogen-bond acceptors (Lipinski definition) is 2.